The van der Waals surface area contributed by atoms with Crippen LogP contribution < -0.4 is 5.32 Å². The van der Waals surface area contributed by atoms with Gasteiger partial charge in [0.2, 0.25) is 5.91 Å². The summed E-state index contributed by atoms with van der Waals surface area (Å²) in [4.78, 5) is 23.3. The maximum absolute atomic E-state index is 12.2. The smallest absolute Gasteiger partial charge is 0.326 e. The number of rotatable bonds is 7. The Kier molecular flexibility index (Phi) is 6.40. The molecule has 0 bridgehead atoms. The van der Waals surface area contributed by atoms with Crippen molar-refractivity contribution in [3.05, 3.63) is 35.9 Å². The molecule has 2 N–H and O–H groups in total. The van der Waals surface area contributed by atoms with Gasteiger partial charge in [0.25, 0.3) is 0 Å². The molecule has 0 radical (unpaired) electrons. The summed E-state index contributed by atoms with van der Waals surface area (Å²) in [5.41, 5.74) is 1.11. The van der Waals surface area contributed by atoms with Crippen molar-refractivity contribution < 1.29 is 14.7 Å². The Balaban J connectivity index is 2.76. The van der Waals surface area contributed by atoms with Crippen molar-refractivity contribution in [1.29, 1.82) is 0 Å². The van der Waals surface area contributed by atoms with Gasteiger partial charge in [0.05, 0.1) is 0 Å². The Morgan fingerprint density at radius 3 is 2.05 bits per heavy atom. The molecule has 0 aliphatic heterocycles. The number of carboxylic acids is 1. The zero-order valence-electron chi connectivity index (χ0n) is 13.2. The van der Waals surface area contributed by atoms with Crippen molar-refractivity contribution in [2.45, 2.75) is 46.1 Å². The van der Waals surface area contributed by atoms with Crippen LogP contribution in [-0.4, -0.2) is 23.0 Å². The molecule has 0 aliphatic carbocycles. The van der Waals surface area contributed by atoms with Crippen LogP contribution in [0.5, 0.6) is 0 Å². The lowest BCUT2D eigenvalue weighted by atomic mass is 9.85. The second-order valence-corrected chi connectivity index (χ2v) is 6.09. The summed E-state index contributed by atoms with van der Waals surface area (Å²) >= 11 is 0. The van der Waals surface area contributed by atoms with E-state index in [0.29, 0.717) is 12.3 Å². The fourth-order valence-electron chi connectivity index (χ4n) is 2.38. The zero-order valence-corrected chi connectivity index (χ0v) is 13.2. The van der Waals surface area contributed by atoms with Gasteiger partial charge in [-0.25, -0.2) is 4.79 Å². The summed E-state index contributed by atoms with van der Waals surface area (Å²) in [5.74, 6) is -0.938. The van der Waals surface area contributed by atoms with Crippen LogP contribution in [0.25, 0.3) is 0 Å². The molecule has 1 aromatic carbocycles. The number of hydrogen-bond donors (Lipinski definition) is 2. The molecule has 116 valence electrons. The Morgan fingerprint density at radius 1 is 1.05 bits per heavy atom. The van der Waals surface area contributed by atoms with Crippen molar-refractivity contribution in [2.75, 3.05) is 0 Å². The molecule has 0 aliphatic rings. The lowest BCUT2D eigenvalue weighted by Crippen LogP contribution is -2.44. The lowest BCUT2D eigenvalue weighted by molar-refractivity contribution is -0.143. The van der Waals surface area contributed by atoms with E-state index in [0.717, 1.165) is 5.56 Å². The van der Waals surface area contributed by atoms with E-state index in [-0.39, 0.29) is 17.7 Å². The average molecular weight is 291 g/mol. The van der Waals surface area contributed by atoms with Crippen molar-refractivity contribution >= 4 is 11.9 Å². The summed E-state index contributed by atoms with van der Waals surface area (Å²) in [6, 6.07) is 9.04. The van der Waals surface area contributed by atoms with E-state index in [1.165, 1.54) is 0 Å². The van der Waals surface area contributed by atoms with Crippen LogP contribution in [0.15, 0.2) is 30.3 Å². The SMILES string of the molecule is CC(C)C(CC(=O)N[C@H](C(=O)O)C(C)C)c1ccccc1. The number of carbonyl (C=O) groups is 2. The van der Waals surface area contributed by atoms with Crippen LogP contribution in [0.2, 0.25) is 0 Å². The molecule has 0 saturated heterocycles. The van der Waals surface area contributed by atoms with E-state index in [4.69, 9.17) is 5.11 Å². The van der Waals surface area contributed by atoms with Gasteiger partial charge in [0.15, 0.2) is 0 Å². The number of carbonyl (C=O) groups excluding carboxylic acids is 1. The standard InChI is InChI=1S/C17H25NO3/c1-11(2)14(13-8-6-5-7-9-13)10-15(19)18-16(12(3)4)17(20)21/h5-9,11-12,14,16H,10H2,1-4H3,(H,18,19)(H,20,21)/t14?,16-/m0/s1. The van der Waals surface area contributed by atoms with Gasteiger partial charge in [0.1, 0.15) is 6.04 Å². The minimum atomic E-state index is -0.987. The van der Waals surface area contributed by atoms with E-state index in [2.05, 4.69) is 19.2 Å². The number of amides is 1. The summed E-state index contributed by atoms with van der Waals surface area (Å²) < 4.78 is 0. The van der Waals surface area contributed by atoms with Crippen LogP contribution in [0.4, 0.5) is 0 Å². The van der Waals surface area contributed by atoms with Gasteiger partial charge >= 0.3 is 5.97 Å². The first-order valence-corrected chi connectivity index (χ1v) is 7.40. The van der Waals surface area contributed by atoms with Gasteiger partial charge in [-0.15, -0.1) is 0 Å². The number of hydrogen-bond acceptors (Lipinski definition) is 2. The number of nitrogens with one attached hydrogen (secondary N) is 1. The molecule has 1 unspecified atom stereocenters. The van der Waals surface area contributed by atoms with Crippen LogP contribution in [0.1, 0.15) is 45.6 Å². The first-order chi connectivity index (χ1) is 9.82. The van der Waals surface area contributed by atoms with Gasteiger partial charge in [-0.1, -0.05) is 58.0 Å². The first-order valence-electron chi connectivity index (χ1n) is 7.40. The maximum atomic E-state index is 12.2. The fraction of sp³-hybridized carbons (Fsp3) is 0.529. The predicted octanol–water partition coefficient (Wildman–Crippen LogP) is 3.04. The molecule has 1 aromatic rings. The minimum absolute atomic E-state index is 0.0906. The minimum Gasteiger partial charge on any atom is -0.480 e. The summed E-state index contributed by atoms with van der Waals surface area (Å²) in [6.45, 7) is 7.72. The highest BCUT2D eigenvalue weighted by Gasteiger charge is 2.26. The highest BCUT2D eigenvalue weighted by atomic mass is 16.4. The van der Waals surface area contributed by atoms with Crippen LogP contribution in [0, 0.1) is 11.8 Å². The molecule has 1 rings (SSSR count). The molecular formula is C17H25NO3. The van der Waals surface area contributed by atoms with Gasteiger partial charge < -0.3 is 10.4 Å². The highest BCUT2D eigenvalue weighted by molar-refractivity contribution is 5.84. The normalized spacial score (nSPS) is 14.0. The third-order valence-corrected chi connectivity index (χ3v) is 3.69. The summed E-state index contributed by atoms with van der Waals surface area (Å²) in [7, 11) is 0. The van der Waals surface area contributed by atoms with Crippen molar-refractivity contribution in [2.24, 2.45) is 11.8 Å². The van der Waals surface area contributed by atoms with Crippen molar-refractivity contribution in [1.82, 2.24) is 5.32 Å². The Labute approximate surface area is 126 Å². The molecule has 0 fully saturated rings. The quantitative estimate of drug-likeness (QED) is 0.811. The van der Waals surface area contributed by atoms with Gasteiger partial charge in [-0.2, -0.15) is 0 Å². The van der Waals surface area contributed by atoms with E-state index in [9.17, 15) is 9.59 Å². The Morgan fingerprint density at radius 2 is 1.62 bits per heavy atom. The molecule has 4 nitrogen and oxygen atoms in total. The number of aliphatic carboxylic acids is 1. The lowest BCUT2D eigenvalue weighted by Gasteiger charge is -2.23. The predicted molar refractivity (Wildman–Crippen MR) is 83.0 cm³/mol. The molecule has 0 saturated carbocycles. The molecule has 1 amide bonds. The first kappa shape index (κ1) is 17.2. The number of carboxylic acid groups (broad SMARTS) is 1. The van der Waals surface area contributed by atoms with Gasteiger partial charge in [-0.3, -0.25) is 4.79 Å². The molecule has 4 heteroatoms. The highest BCUT2D eigenvalue weighted by Crippen LogP contribution is 2.27. The third-order valence-electron chi connectivity index (χ3n) is 3.69. The summed E-state index contributed by atoms with van der Waals surface area (Å²) in [5, 5.41) is 11.8. The molecule has 0 heterocycles. The second kappa shape index (κ2) is 7.81. The molecule has 2 atom stereocenters. The zero-order chi connectivity index (χ0) is 16.0. The summed E-state index contributed by atoms with van der Waals surface area (Å²) in [6.07, 6.45) is 0.304. The van der Waals surface area contributed by atoms with Crippen LogP contribution in [-0.2, 0) is 9.59 Å². The number of benzene rings is 1. The second-order valence-electron chi connectivity index (χ2n) is 6.09. The Bertz CT molecular complexity index is 468. The van der Waals surface area contributed by atoms with E-state index >= 15 is 0 Å². The van der Waals surface area contributed by atoms with E-state index in [1.807, 2.05) is 30.3 Å². The molecule has 0 spiro atoms. The van der Waals surface area contributed by atoms with Crippen molar-refractivity contribution in [3.63, 3.8) is 0 Å². The molecular weight excluding hydrogens is 266 g/mol. The van der Waals surface area contributed by atoms with E-state index in [1.54, 1.807) is 13.8 Å². The monoisotopic (exact) mass is 291 g/mol. The fourth-order valence-corrected chi connectivity index (χ4v) is 2.38. The van der Waals surface area contributed by atoms with Crippen molar-refractivity contribution in [3.8, 4) is 0 Å². The maximum Gasteiger partial charge on any atom is 0.326 e. The Hall–Kier alpha value is -1.84. The topological polar surface area (TPSA) is 66.4 Å². The average Bonchev–Trinajstić information content (AvgIpc) is 2.42. The largest absolute Gasteiger partial charge is 0.480 e. The van der Waals surface area contributed by atoms with E-state index < -0.39 is 12.0 Å². The third kappa shape index (κ3) is 5.21. The van der Waals surface area contributed by atoms with Crippen LogP contribution in [0.3, 0.4) is 0 Å². The van der Waals surface area contributed by atoms with Gasteiger partial charge in [-0.05, 0) is 23.3 Å². The van der Waals surface area contributed by atoms with Gasteiger partial charge in [0, 0.05) is 6.42 Å². The molecule has 0 aromatic heterocycles. The van der Waals surface area contributed by atoms with Crippen LogP contribution >= 0.6 is 0 Å². The molecule has 21 heavy (non-hydrogen) atoms.